The summed E-state index contributed by atoms with van der Waals surface area (Å²) in [7, 11) is 1.35. The molecule has 0 aliphatic rings. The Labute approximate surface area is 103 Å². The number of nitrogens with zero attached hydrogens (tertiary/aromatic N) is 1. The highest BCUT2D eigenvalue weighted by Crippen LogP contribution is 2.20. The van der Waals surface area contributed by atoms with Crippen LogP contribution in [-0.4, -0.2) is 18.0 Å². The smallest absolute Gasteiger partial charge is 0.258 e. The Hall–Kier alpha value is -2.43. The molecule has 0 fully saturated rings. The van der Waals surface area contributed by atoms with Crippen molar-refractivity contribution in [3.8, 4) is 5.75 Å². The predicted octanol–water partition coefficient (Wildman–Crippen LogP) is 2.48. The molecule has 1 aromatic heterocycles. The maximum Gasteiger partial charge on any atom is 0.258 e. The molecule has 5 heteroatoms. The summed E-state index contributed by atoms with van der Waals surface area (Å²) in [6, 6.07) is 7.66. The molecule has 0 atom stereocenters. The van der Waals surface area contributed by atoms with E-state index in [1.807, 2.05) is 0 Å². The molecule has 2 aromatic rings. The van der Waals surface area contributed by atoms with Crippen LogP contribution >= 0.6 is 0 Å². The van der Waals surface area contributed by atoms with E-state index in [2.05, 4.69) is 10.3 Å². The van der Waals surface area contributed by atoms with Crippen LogP contribution in [0, 0.1) is 5.82 Å². The molecule has 0 aliphatic carbocycles. The van der Waals surface area contributed by atoms with E-state index in [9.17, 15) is 9.18 Å². The van der Waals surface area contributed by atoms with E-state index < -0.39 is 11.7 Å². The highest BCUT2D eigenvalue weighted by atomic mass is 19.1. The lowest BCUT2D eigenvalue weighted by Gasteiger charge is -2.08. The fourth-order valence-corrected chi connectivity index (χ4v) is 1.48. The van der Waals surface area contributed by atoms with Crippen molar-refractivity contribution in [2.75, 3.05) is 12.4 Å². The second kappa shape index (κ2) is 5.27. The van der Waals surface area contributed by atoms with Gasteiger partial charge in [-0.15, -0.1) is 0 Å². The topological polar surface area (TPSA) is 51.2 Å². The molecule has 0 spiro atoms. The number of hydrogen-bond donors (Lipinski definition) is 1. The van der Waals surface area contributed by atoms with Crippen molar-refractivity contribution < 1.29 is 13.9 Å². The third-order valence-corrected chi connectivity index (χ3v) is 2.37. The number of rotatable bonds is 3. The molecule has 1 amide bonds. The number of pyridine rings is 1. The van der Waals surface area contributed by atoms with Crippen molar-refractivity contribution in [1.29, 1.82) is 0 Å². The molecule has 0 aliphatic heterocycles. The van der Waals surface area contributed by atoms with Crippen LogP contribution in [-0.2, 0) is 0 Å². The number of halogens is 1. The second-order valence-corrected chi connectivity index (χ2v) is 3.51. The molecule has 1 N–H and O–H groups in total. The van der Waals surface area contributed by atoms with Gasteiger partial charge in [-0.3, -0.25) is 9.78 Å². The van der Waals surface area contributed by atoms with Gasteiger partial charge in [-0.2, -0.15) is 0 Å². The molecule has 0 bridgehead atoms. The molecule has 0 unspecified atom stereocenters. The van der Waals surface area contributed by atoms with Crippen molar-refractivity contribution in [3.63, 3.8) is 0 Å². The zero-order valence-electron chi connectivity index (χ0n) is 9.68. The van der Waals surface area contributed by atoms with E-state index in [1.165, 1.54) is 31.6 Å². The van der Waals surface area contributed by atoms with E-state index in [4.69, 9.17) is 4.74 Å². The quantitative estimate of drug-likeness (QED) is 0.905. The fraction of sp³-hybridized carbons (Fsp3) is 0.0769. The standard InChI is InChI=1S/C13H11FN2O2/c1-18-11-4-2-3-10(12(11)14)13(17)16-9-5-7-15-8-6-9/h2-8H,1H3,(H,15,16,17). The largest absolute Gasteiger partial charge is 0.494 e. The van der Waals surface area contributed by atoms with Gasteiger partial charge in [0.2, 0.25) is 0 Å². The number of carbonyl (C=O) groups is 1. The Balaban J connectivity index is 2.24. The number of anilines is 1. The first-order valence-electron chi connectivity index (χ1n) is 5.26. The number of aromatic nitrogens is 1. The summed E-state index contributed by atoms with van der Waals surface area (Å²) in [5.74, 6) is -1.17. The van der Waals surface area contributed by atoms with E-state index in [-0.39, 0.29) is 11.3 Å². The predicted molar refractivity (Wildman–Crippen MR) is 65.1 cm³/mol. The van der Waals surface area contributed by atoms with Gasteiger partial charge < -0.3 is 10.1 Å². The number of amides is 1. The lowest BCUT2D eigenvalue weighted by atomic mass is 10.2. The zero-order valence-corrected chi connectivity index (χ0v) is 9.68. The summed E-state index contributed by atoms with van der Waals surface area (Å²) in [6.07, 6.45) is 3.08. The second-order valence-electron chi connectivity index (χ2n) is 3.51. The average molecular weight is 246 g/mol. The molecular weight excluding hydrogens is 235 g/mol. The highest BCUT2D eigenvalue weighted by molar-refractivity contribution is 6.04. The number of carbonyl (C=O) groups excluding carboxylic acids is 1. The van der Waals surface area contributed by atoms with Crippen LogP contribution in [0.4, 0.5) is 10.1 Å². The van der Waals surface area contributed by atoms with Crippen molar-refractivity contribution in [2.24, 2.45) is 0 Å². The number of methoxy groups -OCH3 is 1. The molecule has 0 radical (unpaired) electrons. The van der Waals surface area contributed by atoms with Crippen molar-refractivity contribution in [1.82, 2.24) is 4.98 Å². The first-order chi connectivity index (χ1) is 8.72. The third kappa shape index (κ3) is 2.45. The van der Waals surface area contributed by atoms with Crippen LogP contribution in [0.1, 0.15) is 10.4 Å². The molecule has 4 nitrogen and oxygen atoms in total. The van der Waals surface area contributed by atoms with E-state index >= 15 is 0 Å². The van der Waals surface area contributed by atoms with Gasteiger partial charge in [0.25, 0.3) is 5.91 Å². The summed E-state index contributed by atoms with van der Waals surface area (Å²) in [5.41, 5.74) is 0.489. The van der Waals surface area contributed by atoms with Crippen molar-refractivity contribution >= 4 is 11.6 Å². The third-order valence-electron chi connectivity index (χ3n) is 2.37. The summed E-state index contributed by atoms with van der Waals surface area (Å²) < 4.78 is 18.6. The Morgan fingerprint density at radius 1 is 1.28 bits per heavy atom. The maximum absolute atomic E-state index is 13.8. The van der Waals surface area contributed by atoms with Gasteiger partial charge in [0.05, 0.1) is 12.7 Å². The van der Waals surface area contributed by atoms with Crippen LogP contribution in [0.15, 0.2) is 42.7 Å². The molecule has 92 valence electrons. The minimum Gasteiger partial charge on any atom is -0.494 e. The van der Waals surface area contributed by atoms with Crippen molar-refractivity contribution in [2.45, 2.75) is 0 Å². The van der Waals surface area contributed by atoms with Crippen LogP contribution < -0.4 is 10.1 Å². The Morgan fingerprint density at radius 2 is 2.00 bits per heavy atom. The van der Waals surface area contributed by atoms with Gasteiger partial charge in [-0.25, -0.2) is 4.39 Å². The van der Waals surface area contributed by atoms with Gasteiger partial charge in [-0.05, 0) is 24.3 Å². The number of benzene rings is 1. The first-order valence-corrected chi connectivity index (χ1v) is 5.26. The monoisotopic (exact) mass is 246 g/mol. The molecular formula is C13H11FN2O2. The molecule has 2 rings (SSSR count). The van der Waals surface area contributed by atoms with E-state index in [0.29, 0.717) is 5.69 Å². The normalized spacial score (nSPS) is 9.89. The van der Waals surface area contributed by atoms with Crippen LogP contribution in [0.3, 0.4) is 0 Å². The number of hydrogen-bond acceptors (Lipinski definition) is 3. The lowest BCUT2D eigenvalue weighted by Crippen LogP contribution is -2.14. The van der Waals surface area contributed by atoms with Crippen LogP contribution in [0.25, 0.3) is 0 Å². The summed E-state index contributed by atoms with van der Waals surface area (Å²) in [4.78, 5) is 15.7. The summed E-state index contributed by atoms with van der Waals surface area (Å²) >= 11 is 0. The minimum absolute atomic E-state index is 0.0392. The Morgan fingerprint density at radius 3 is 2.67 bits per heavy atom. The molecule has 1 aromatic carbocycles. The fourth-order valence-electron chi connectivity index (χ4n) is 1.48. The van der Waals surface area contributed by atoms with Crippen molar-refractivity contribution in [3.05, 3.63) is 54.1 Å². The Bertz CT molecular complexity index is 558. The lowest BCUT2D eigenvalue weighted by molar-refractivity contribution is 0.102. The molecule has 18 heavy (non-hydrogen) atoms. The van der Waals surface area contributed by atoms with Crippen LogP contribution in [0.5, 0.6) is 5.75 Å². The van der Waals surface area contributed by atoms with Crippen LogP contribution in [0.2, 0.25) is 0 Å². The summed E-state index contributed by atoms with van der Waals surface area (Å²) in [5, 5.41) is 2.58. The van der Waals surface area contributed by atoms with Gasteiger partial charge in [-0.1, -0.05) is 6.07 Å². The SMILES string of the molecule is COc1cccc(C(=O)Nc2ccncc2)c1F. The first kappa shape index (κ1) is 12.0. The molecule has 0 saturated carbocycles. The van der Waals surface area contributed by atoms with Gasteiger partial charge >= 0.3 is 0 Å². The number of ether oxygens (including phenoxy) is 1. The number of nitrogens with one attached hydrogen (secondary N) is 1. The molecule has 0 saturated heterocycles. The Kier molecular flexibility index (Phi) is 3.52. The van der Waals surface area contributed by atoms with Gasteiger partial charge in [0.1, 0.15) is 0 Å². The zero-order chi connectivity index (χ0) is 13.0. The average Bonchev–Trinajstić information content (AvgIpc) is 2.40. The van der Waals surface area contributed by atoms with E-state index in [0.717, 1.165) is 0 Å². The van der Waals surface area contributed by atoms with E-state index in [1.54, 1.807) is 18.2 Å². The van der Waals surface area contributed by atoms with Gasteiger partial charge in [0, 0.05) is 18.1 Å². The van der Waals surface area contributed by atoms with Gasteiger partial charge in [0.15, 0.2) is 11.6 Å². The molecule has 1 heterocycles. The summed E-state index contributed by atoms with van der Waals surface area (Å²) in [6.45, 7) is 0. The highest BCUT2D eigenvalue weighted by Gasteiger charge is 2.15. The minimum atomic E-state index is -0.674. The maximum atomic E-state index is 13.8.